The van der Waals surface area contributed by atoms with Gasteiger partial charge in [-0.25, -0.2) is 25.3 Å². The first-order valence-corrected chi connectivity index (χ1v) is 15.3. The number of nitrogens with zero attached hydrogens (tertiary/aromatic N) is 3. The van der Waals surface area contributed by atoms with Gasteiger partial charge >= 0.3 is 17.8 Å². The van der Waals surface area contributed by atoms with Crippen molar-refractivity contribution in [3.63, 3.8) is 0 Å². The van der Waals surface area contributed by atoms with Gasteiger partial charge in [-0.1, -0.05) is 12.1 Å². The highest BCUT2D eigenvalue weighted by Gasteiger charge is 2.18. The number of hydrogen-bond donors (Lipinski definition) is 1. The molecule has 11 nitrogen and oxygen atoms in total. The molecule has 0 aliphatic heterocycles. The van der Waals surface area contributed by atoms with Gasteiger partial charge in [0.25, 0.3) is 20.0 Å². The standard InChI is InChI=1S/C11H12N2O3.C10H9NO3.C2H7NO.3CH3.Al.ClH/c1-7-4-5-9-8(6-7)12-10(16-9)11(14)13(2)15-3;1-6-3-4-8-7(5-6)11-9(14-8)10(12)13-2;1-3-4-2;;;;;/h4-6H,1-3H3;3-5H,1-2H3;3H,1-2H3;3*1H3;;1H. The van der Waals surface area contributed by atoms with Crippen LogP contribution >= 0.6 is 12.4 Å². The van der Waals surface area contributed by atoms with Crippen LogP contribution in [0.25, 0.3) is 22.2 Å². The number of rotatable bonds is 4. The summed E-state index contributed by atoms with van der Waals surface area (Å²) in [7, 11) is 7.48. The molecule has 0 spiro atoms. The van der Waals surface area contributed by atoms with Crippen LogP contribution in [0, 0.1) is 13.8 Å². The van der Waals surface area contributed by atoms with Crippen molar-refractivity contribution in [1.82, 2.24) is 20.5 Å². The molecule has 2 aromatic carbocycles. The highest BCUT2D eigenvalue weighted by molar-refractivity contribution is 6.54. The molecule has 0 aliphatic rings. The second-order valence-corrected chi connectivity index (χ2v) is 12.1. The fraction of sp³-hybridized carbons (Fsp3) is 0.385. The molecule has 0 atom stereocenters. The molecular weight excluding hydrogens is 543 g/mol. The zero-order chi connectivity index (χ0) is 28.8. The summed E-state index contributed by atoms with van der Waals surface area (Å²) in [6.07, 6.45) is 0. The number of amides is 1. The first kappa shape index (κ1) is 36.0. The van der Waals surface area contributed by atoms with Gasteiger partial charge in [-0.15, -0.1) is 29.8 Å². The number of ether oxygens (including phenoxy) is 1. The Morgan fingerprint density at radius 1 is 0.872 bits per heavy atom. The number of halogens is 1. The van der Waals surface area contributed by atoms with Gasteiger partial charge in [-0.3, -0.25) is 9.63 Å². The third-order valence-corrected chi connectivity index (χ3v) is 4.39. The maximum Gasteiger partial charge on any atom is 0.394 e. The molecule has 0 saturated heterocycles. The Kier molecular flexibility index (Phi) is 16.9. The lowest BCUT2D eigenvalue weighted by Crippen LogP contribution is -2.25. The molecule has 1 N–H and O–H groups in total. The second kappa shape index (κ2) is 18.3. The van der Waals surface area contributed by atoms with Crippen LogP contribution in [0.1, 0.15) is 32.5 Å². The number of nitrogens with one attached hydrogen (secondary N) is 1. The third-order valence-electron chi connectivity index (χ3n) is 4.39. The quantitative estimate of drug-likeness (QED) is 0.194. The van der Waals surface area contributed by atoms with Crippen molar-refractivity contribution in [1.29, 1.82) is 0 Å². The minimum absolute atomic E-state index is 0. The summed E-state index contributed by atoms with van der Waals surface area (Å²) in [5.74, 6) is 5.98. The van der Waals surface area contributed by atoms with Crippen molar-refractivity contribution in [3.8, 4) is 0 Å². The van der Waals surface area contributed by atoms with E-state index in [0.29, 0.717) is 22.2 Å². The zero-order valence-corrected chi connectivity index (χ0v) is 26.1. The number of oxazole rings is 2. The topological polar surface area (TPSA) is 129 Å². The summed E-state index contributed by atoms with van der Waals surface area (Å²) in [6.45, 7) is 3.91. The average Bonchev–Trinajstić information content (AvgIpc) is 3.51. The van der Waals surface area contributed by atoms with Crippen LogP contribution in [0.3, 0.4) is 0 Å². The first-order chi connectivity index (χ1) is 18.0. The number of esters is 1. The summed E-state index contributed by atoms with van der Waals surface area (Å²) >= 11 is -0.139. The van der Waals surface area contributed by atoms with Gasteiger partial charge < -0.3 is 18.4 Å². The highest BCUT2D eigenvalue weighted by atomic mass is 35.5. The van der Waals surface area contributed by atoms with E-state index in [2.05, 4.69) is 42.4 Å². The molecule has 4 rings (SSSR count). The largest absolute Gasteiger partial charge is 0.462 e. The lowest BCUT2D eigenvalue weighted by Gasteiger charge is -2.09. The van der Waals surface area contributed by atoms with Crippen LogP contribution < -0.4 is 5.48 Å². The number of hydrogen-bond acceptors (Lipinski definition) is 10. The summed E-state index contributed by atoms with van der Waals surface area (Å²) in [5, 5.41) is 1.07. The highest BCUT2D eigenvalue weighted by Crippen LogP contribution is 2.18. The molecule has 214 valence electrons. The van der Waals surface area contributed by atoms with Crippen LogP contribution in [0.4, 0.5) is 0 Å². The van der Waals surface area contributed by atoms with Crippen LogP contribution in [0.5, 0.6) is 0 Å². The summed E-state index contributed by atoms with van der Waals surface area (Å²) in [4.78, 5) is 39.9. The van der Waals surface area contributed by atoms with E-state index in [0.717, 1.165) is 16.2 Å². The van der Waals surface area contributed by atoms with Gasteiger partial charge in [-0.2, -0.15) is 0 Å². The van der Waals surface area contributed by atoms with Gasteiger partial charge in [0.15, 0.2) is 11.2 Å². The van der Waals surface area contributed by atoms with Crippen molar-refractivity contribution < 1.29 is 32.8 Å². The number of carbonyl (C=O) groups is 2. The number of benzene rings is 2. The van der Waals surface area contributed by atoms with E-state index in [1.807, 2.05) is 38.1 Å². The summed E-state index contributed by atoms with van der Waals surface area (Å²) < 4.78 is 15.0. The van der Waals surface area contributed by atoms with Gasteiger partial charge in [-0.05, 0) is 49.2 Å². The lowest BCUT2D eigenvalue weighted by molar-refractivity contribution is -0.0776. The molecule has 1 amide bonds. The third kappa shape index (κ3) is 12.2. The van der Waals surface area contributed by atoms with Crippen LogP contribution in [0.2, 0.25) is 17.4 Å². The van der Waals surface area contributed by atoms with Crippen molar-refractivity contribution in [2.75, 3.05) is 35.4 Å². The number of methoxy groups -OCH3 is 1. The van der Waals surface area contributed by atoms with Crippen LogP contribution in [-0.2, 0) is 14.4 Å². The zero-order valence-electron chi connectivity index (χ0n) is 24.1. The van der Waals surface area contributed by atoms with Gasteiger partial charge in [0.1, 0.15) is 11.0 Å². The molecule has 0 bridgehead atoms. The van der Waals surface area contributed by atoms with Crippen molar-refractivity contribution in [2.24, 2.45) is 0 Å². The number of fused-ring (bicyclic) bond motifs is 2. The summed E-state index contributed by atoms with van der Waals surface area (Å²) in [5.41, 5.74) is 7.11. The normalized spacial score (nSPS) is 9.59. The molecule has 0 radical (unpaired) electrons. The van der Waals surface area contributed by atoms with E-state index < -0.39 is 11.9 Å². The molecule has 13 heteroatoms. The summed E-state index contributed by atoms with van der Waals surface area (Å²) in [6, 6.07) is 11.1. The van der Waals surface area contributed by atoms with Gasteiger partial charge in [0, 0.05) is 14.1 Å². The smallest absolute Gasteiger partial charge is 0.394 e. The number of hydroxylamine groups is 3. The van der Waals surface area contributed by atoms with Gasteiger partial charge in [0.05, 0.1) is 21.3 Å². The lowest BCUT2D eigenvalue weighted by atomic mass is 10.2. The fourth-order valence-corrected chi connectivity index (χ4v) is 2.56. The minimum atomic E-state index is -0.557. The maximum atomic E-state index is 11.7. The monoisotopic (exact) mass is 580 g/mol. The molecule has 0 fully saturated rings. The predicted octanol–water partition coefficient (Wildman–Crippen LogP) is 5.25. The molecule has 2 aromatic heterocycles. The Bertz CT molecular complexity index is 1310. The second-order valence-electron chi connectivity index (χ2n) is 8.60. The maximum absolute atomic E-state index is 11.7. The molecule has 4 aromatic rings. The molecule has 0 saturated carbocycles. The Morgan fingerprint density at radius 3 is 1.67 bits per heavy atom. The molecule has 39 heavy (non-hydrogen) atoms. The van der Waals surface area contributed by atoms with E-state index in [-0.39, 0.29) is 38.3 Å². The van der Waals surface area contributed by atoms with Crippen LogP contribution in [0.15, 0.2) is 45.2 Å². The fourth-order valence-electron chi connectivity index (χ4n) is 2.56. The molecule has 0 aliphatic carbocycles. The minimum Gasteiger partial charge on any atom is -0.462 e. The van der Waals surface area contributed by atoms with Gasteiger partial charge in [0.2, 0.25) is 0 Å². The van der Waals surface area contributed by atoms with E-state index in [9.17, 15) is 9.59 Å². The predicted molar refractivity (Wildman–Crippen MR) is 155 cm³/mol. The number of aromatic nitrogens is 2. The Balaban J connectivity index is 0.000000574. The first-order valence-electron chi connectivity index (χ1n) is 11.8. The van der Waals surface area contributed by atoms with E-state index >= 15 is 0 Å². The Morgan fingerprint density at radius 2 is 1.28 bits per heavy atom. The van der Waals surface area contributed by atoms with E-state index in [4.69, 9.17) is 13.7 Å². The van der Waals surface area contributed by atoms with E-state index in [1.165, 1.54) is 21.3 Å². The number of aryl methyl sites for hydroxylation is 2. The average molecular weight is 581 g/mol. The Labute approximate surface area is 239 Å². The van der Waals surface area contributed by atoms with Crippen molar-refractivity contribution in [3.05, 3.63) is 59.3 Å². The SMILES string of the molecule is CNOC.COC(=O)c1nc2cc(C)ccc2o1.CON(C)C(=O)c1nc2cc(C)ccc2o1.Cl.[CH3][Al]([CH3])[CH3]. The van der Waals surface area contributed by atoms with Crippen molar-refractivity contribution in [2.45, 2.75) is 31.2 Å². The molecular formula is C26H38AlClN4O7. The molecule has 2 heterocycles. The number of carbonyl (C=O) groups excluding carboxylic acids is 2. The Hall–Kier alpha value is -2.98. The molecule has 0 unspecified atom stereocenters. The van der Waals surface area contributed by atoms with Crippen molar-refractivity contribution >= 4 is 60.6 Å². The van der Waals surface area contributed by atoms with Crippen LogP contribution in [-0.4, -0.2) is 76.5 Å². The van der Waals surface area contributed by atoms with E-state index in [1.54, 1.807) is 26.3 Å².